The fraction of sp³-hybridized carbons (Fsp3) is 0. The van der Waals surface area contributed by atoms with Gasteiger partial charge in [0.1, 0.15) is 12.1 Å². The highest BCUT2D eigenvalue weighted by atomic mass is 14.7. The SMILES string of the molecule is N#CC(C#N)=c1[nH]c2ccccc2c1=Cc1ccccc1. The highest BCUT2D eigenvalue weighted by molar-refractivity contribution is 5.85. The van der Waals surface area contributed by atoms with Crippen LogP contribution in [0.3, 0.4) is 0 Å². The molecule has 0 fully saturated rings. The van der Waals surface area contributed by atoms with Crippen molar-refractivity contribution >= 4 is 22.6 Å². The summed E-state index contributed by atoms with van der Waals surface area (Å²) in [4.78, 5) is 3.17. The molecule has 0 unspecified atom stereocenters. The van der Waals surface area contributed by atoms with Gasteiger partial charge in [0.25, 0.3) is 0 Å². The molecule has 0 bridgehead atoms. The van der Waals surface area contributed by atoms with Crippen LogP contribution >= 0.6 is 0 Å². The van der Waals surface area contributed by atoms with Gasteiger partial charge in [-0.15, -0.1) is 0 Å². The molecule has 3 nitrogen and oxygen atoms in total. The van der Waals surface area contributed by atoms with E-state index in [1.54, 1.807) is 0 Å². The molecule has 0 aliphatic carbocycles. The van der Waals surface area contributed by atoms with E-state index in [1.165, 1.54) is 0 Å². The second-order valence-corrected chi connectivity index (χ2v) is 4.61. The van der Waals surface area contributed by atoms with Gasteiger partial charge in [-0.2, -0.15) is 10.5 Å². The van der Waals surface area contributed by atoms with Crippen LogP contribution in [0.4, 0.5) is 0 Å². The molecule has 1 heterocycles. The van der Waals surface area contributed by atoms with E-state index in [2.05, 4.69) is 4.98 Å². The predicted octanol–water partition coefficient (Wildman–Crippen LogP) is 2.19. The van der Waals surface area contributed by atoms with Crippen molar-refractivity contribution in [3.8, 4) is 12.1 Å². The molecule has 3 heteroatoms. The third-order valence-electron chi connectivity index (χ3n) is 3.33. The van der Waals surface area contributed by atoms with Crippen molar-refractivity contribution in [1.82, 2.24) is 4.98 Å². The number of rotatable bonds is 1. The van der Waals surface area contributed by atoms with Crippen LogP contribution in [0.2, 0.25) is 0 Å². The van der Waals surface area contributed by atoms with Gasteiger partial charge in [0.15, 0.2) is 5.57 Å². The normalized spacial score (nSPS) is 11.0. The molecule has 21 heavy (non-hydrogen) atoms. The minimum atomic E-state index is 0.0911. The highest BCUT2D eigenvalue weighted by Gasteiger charge is 2.04. The third kappa shape index (κ3) is 2.29. The first-order chi connectivity index (χ1) is 10.3. The van der Waals surface area contributed by atoms with Crippen LogP contribution in [0, 0.1) is 22.7 Å². The van der Waals surface area contributed by atoms with Crippen LogP contribution in [-0.2, 0) is 0 Å². The van der Waals surface area contributed by atoms with Crippen molar-refractivity contribution < 1.29 is 0 Å². The Bertz CT molecular complexity index is 981. The standard InChI is InChI=1S/C18H11N3/c19-11-14(12-20)18-16(10-13-6-2-1-3-7-13)15-8-4-5-9-17(15)21-18/h1-10,21H. The zero-order valence-corrected chi connectivity index (χ0v) is 11.2. The average Bonchev–Trinajstić information content (AvgIpc) is 2.89. The Labute approximate surface area is 121 Å². The smallest absolute Gasteiger partial charge is 0.153 e. The monoisotopic (exact) mass is 269 g/mol. The van der Waals surface area contributed by atoms with E-state index in [0.717, 1.165) is 21.7 Å². The second kappa shape index (κ2) is 5.36. The highest BCUT2D eigenvalue weighted by Crippen LogP contribution is 2.06. The van der Waals surface area contributed by atoms with Gasteiger partial charge in [-0.25, -0.2) is 0 Å². The molecule has 2 aromatic carbocycles. The van der Waals surface area contributed by atoms with Crippen LogP contribution in [0.25, 0.3) is 22.6 Å². The van der Waals surface area contributed by atoms with E-state index in [4.69, 9.17) is 10.5 Å². The Morgan fingerprint density at radius 3 is 2.29 bits per heavy atom. The zero-order chi connectivity index (χ0) is 14.7. The van der Waals surface area contributed by atoms with Crippen LogP contribution in [0.5, 0.6) is 0 Å². The molecule has 3 rings (SSSR count). The minimum Gasteiger partial charge on any atom is -0.353 e. The van der Waals surface area contributed by atoms with E-state index >= 15 is 0 Å². The summed E-state index contributed by atoms with van der Waals surface area (Å²) < 4.78 is 0. The molecular formula is C18H11N3. The molecule has 3 aromatic rings. The maximum absolute atomic E-state index is 9.15. The van der Waals surface area contributed by atoms with Crippen molar-refractivity contribution in [2.45, 2.75) is 0 Å². The Hall–Kier alpha value is -3.30. The van der Waals surface area contributed by atoms with E-state index in [-0.39, 0.29) is 5.57 Å². The number of H-pyrrole nitrogens is 1. The molecular weight excluding hydrogens is 258 g/mol. The molecule has 0 aliphatic rings. The van der Waals surface area contributed by atoms with Crippen molar-refractivity contribution in [3.63, 3.8) is 0 Å². The molecule has 0 radical (unpaired) electrons. The average molecular weight is 269 g/mol. The van der Waals surface area contributed by atoms with E-state index in [0.29, 0.717) is 5.35 Å². The molecule has 98 valence electrons. The lowest BCUT2D eigenvalue weighted by Crippen LogP contribution is -2.25. The largest absolute Gasteiger partial charge is 0.353 e. The lowest BCUT2D eigenvalue weighted by Gasteiger charge is -1.91. The quantitative estimate of drug-likeness (QED) is 0.736. The minimum absolute atomic E-state index is 0.0911. The summed E-state index contributed by atoms with van der Waals surface area (Å²) in [5, 5.41) is 20.7. The van der Waals surface area contributed by atoms with Gasteiger partial charge >= 0.3 is 0 Å². The number of nitrogens with zero attached hydrogens (tertiary/aromatic N) is 2. The first kappa shape index (κ1) is 12.7. The number of hydrogen-bond acceptors (Lipinski definition) is 2. The van der Waals surface area contributed by atoms with Crippen molar-refractivity contribution in [2.75, 3.05) is 0 Å². The molecule has 0 amide bonds. The topological polar surface area (TPSA) is 63.4 Å². The molecule has 0 saturated heterocycles. The summed E-state index contributed by atoms with van der Waals surface area (Å²) >= 11 is 0. The molecule has 0 spiro atoms. The van der Waals surface area contributed by atoms with Crippen LogP contribution < -0.4 is 10.6 Å². The fourth-order valence-electron chi connectivity index (χ4n) is 2.36. The van der Waals surface area contributed by atoms with Crippen LogP contribution in [-0.4, -0.2) is 4.98 Å². The Morgan fingerprint density at radius 1 is 0.905 bits per heavy atom. The number of para-hydroxylation sites is 1. The van der Waals surface area contributed by atoms with Gasteiger partial charge < -0.3 is 4.98 Å². The summed E-state index contributed by atoms with van der Waals surface area (Å²) in [6, 6.07) is 21.6. The molecule has 0 aliphatic heterocycles. The van der Waals surface area contributed by atoms with Crippen LogP contribution in [0.1, 0.15) is 5.56 Å². The number of benzene rings is 2. The molecule has 1 aromatic heterocycles. The van der Waals surface area contributed by atoms with Gasteiger partial charge in [0, 0.05) is 16.1 Å². The first-order valence-corrected chi connectivity index (χ1v) is 6.51. The maximum atomic E-state index is 9.15. The van der Waals surface area contributed by atoms with Gasteiger partial charge in [-0.3, -0.25) is 0 Å². The van der Waals surface area contributed by atoms with Gasteiger partial charge in [0.2, 0.25) is 0 Å². The maximum Gasteiger partial charge on any atom is 0.153 e. The zero-order valence-electron chi connectivity index (χ0n) is 11.2. The lowest BCUT2D eigenvalue weighted by molar-refractivity contribution is 1.34. The van der Waals surface area contributed by atoms with Gasteiger partial charge in [-0.1, -0.05) is 48.5 Å². The number of hydrogen-bond donors (Lipinski definition) is 1. The summed E-state index contributed by atoms with van der Waals surface area (Å²) in [7, 11) is 0. The molecule has 0 atom stereocenters. The number of nitriles is 2. The number of nitrogens with one attached hydrogen (secondary N) is 1. The van der Waals surface area contributed by atoms with Crippen molar-refractivity contribution in [3.05, 3.63) is 70.7 Å². The second-order valence-electron chi connectivity index (χ2n) is 4.61. The predicted molar refractivity (Wildman–Crippen MR) is 82.2 cm³/mol. The third-order valence-corrected chi connectivity index (χ3v) is 3.33. The number of fused-ring (bicyclic) bond motifs is 1. The summed E-state index contributed by atoms with van der Waals surface area (Å²) in [5.74, 6) is 0. The summed E-state index contributed by atoms with van der Waals surface area (Å²) in [5.41, 5.74) is 2.03. The Kier molecular flexibility index (Phi) is 3.25. The summed E-state index contributed by atoms with van der Waals surface area (Å²) in [6.45, 7) is 0. The van der Waals surface area contributed by atoms with Crippen LogP contribution in [0.15, 0.2) is 54.6 Å². The number of aromatic nitrogens is 1. The van der Waals surface area contributed by atoms with Gasteiger partial charge in [0.05, 0.1) is 5.35 Å². The molecule has 1 N–H and O–H groups in total. The fourth-order valence-corrected chi connectivity index (χ4v) is 2.36. The van der Waals surface area contributed by atoms with E-state index in [1.807, 2.05) is 72.8 Å². The van der Waals surface area contributed by atoms with E-state index < -0.39 is 0 Å². The van der Waals surface area contributed by atoms with Gasteiger partial charge in [-0.05, 0) is 17.7 Å². The summed E-state index contributed by atoms with van der Waals surface area (Å²) in [6.07, 6.45) is 1.99. The van der Waals surface area contributed by atoms with Crippen molar-refractivity contribution in [1.29, 1.82) is 10.5 Å². The Balaban J connectivity index is 2.50. The first-order valence-electron chi connectivity index (χ1n) is 6.51. The van der Waals surface area contributed by atoms with E-state index in [9.17, 15) is 0 Å². The number of aromatic amines is 1. The lowest BCUT2D eigenvalue weighted by atomic mass is 10.1. The Morgan fingerprint density at radius 2 is 1.57 bits per heavy atom. The van der Waals surface area contributed by atoms with Crippen molar-refractivity contribution in [2.24, 2.45) is 0 Å². The molecule has 0 saturated carbocycles.